The molecule has 27 heavy (non-hydrogen) atoms. The number of hydrogen-bond donors (Lipinski definition) is 2. The van der Waals surface area contributed by atoms with Gasteiger partial charge in [0.2, 0.25) is 0 Å². The Morgan fingerprint density at radius 2 is 1.67 bits per heavy atom. The number of aliphatic hydroxyl groups is 1. The van der Waals surface area contributed by atoms with Crippen molar-refractivity contribution >= 4 is 19.7 Å². The Morgan fingerprint density at radius 1 is 1.07 bits per heavy atom. The largest absolute Gasteiger partial charge is 0.476 e. The Bertz CT molecular complexity index is 609. The normalized spacial score (nSPS) is 15.1. The fourth-order valence-electron chi connectivity index (χ4n) is 1.52. The third-order valence-corrected chi connectivity index (χ3v) is 4.15. The van der Waals surface area contributed by atoms with Gasteiger partial charge in [-0.2, -0.15) is 0 Å². The third kappa shape index (κ3) is 13.4. The lowest BCUT2D eigenvalue weighted by Gasteiger charge is -2.27. The summed E-state index contributed by atoms with van der Waals surface area (Å²) in [5, 5.41) is 11.0. The number of hydrogen-bond acceptors (Lipinski definition) is 8. The summed E-state index contributed by atoms with van der Waals surface area (Å²) >= 11 is 0. The van der Waals surface area contributed by atoms with Crippen LogP contribution in [0.5, 0.6) is 0 Å². The van der Waals surface area contributed by atoms with Gasteiger partial charge >= 0.3 is 13.9 Å². The highest BCUT2D eigenvalue weighted by atomic mass is 31.2. The van der Waals surface area contributed by atoms with Gasteiger partial charge in [0.1, 0.15) is 24.9 Å². The molecular weight excluding hydrogens is 377 g/mol. The lowest BCUT2D eigenvalue weighted by atomic mass is 10.2. The van der Waals surface area contributed by atoms with Crippen molar-refractivity contribution in [2.24, 2.45) is 0 Å². The van der Waals surface area contributed by atoms with Gasteiger partial charge in [-0.05, 0) is 48.5 Å². The van der Waals surface area contributed by atoms with E-state index in [9.17, 15) is 14.2 Å². The first kappa shape index (κ1) is 25.6. The molecule has 0 fully saturated rings. The number of alkyl carbamates (subject to hydrolysis) is 1. The molecule has 0 aliphatic carbocycles. The van der Waals surface area contributed by atoms with Crippen LogP contribution in [0.3, 0.4) is 0 Å². The van der Waals surface area contributed by atoms with Crippen LogP contribution in [0.2, 0.25) is 0 Å². The first-order chi connectivity index (χ1) is 12.2. The molecule has 0 aromatic carbocycles. The van der Waals surface area contributed by atoms with E-state index in [2.05, 4.69) is 17.2 Å². The Kier molecular flexibility index (Phi) is 10.2. The van der Waals surface area contributed by atoms with Gasteiger partial charge in [-0.1, -0.05) is 11.8 Å². The molecule has 0 spiro atoms. The maximum absolute atomic E-state index is 12.8. The molecule has 9 nitrogen and oxygen atoms in total. The number of nitrogens with one attached hydrogen (secondary N) is 1. The monoisotopic (exact) mass is 407 g/mol. The van der Waals surface area contributed by atoms with Gasteiger partial charge in [-0.25, -0.2) is 9.36 Å². The van der Waals surface area contributed by atoms with E-state index in [1.165, 1.54) is 6.92 Å². The topological polar surface area (TPSA) is 120 Å². The van der Waals surface area contributed by atoms with Crippen LogP contribution in [0.15, 0.2) is 0 Å². The lowest BCUT2D eigenvalue weighted by Crippen LogP contribution is -2.45. The van der Waals surface area contributed by atoms with Crippen LogP contribution < -0.4 is 5.32 Å². The number of ketones is 1. The highest BCUT2D eigenvalue weighted by Crippen LogP contribution is 2.52. The zero-order valence-electron chi connectivity index (χ0n) is 17.0. The van der Waals surface area contributed by atoms with Crippen molar-refractivity contribution in [3.8, 4) is 11.8 Å². The van der Waals surface area contributed by atoms with E-state index in [1.807, 2.05) is 0 Å². The third-order valence-electron chi connectivity index (χ3n) is 2.47. The van der Waals surface area contributed by atoms with E-state index < -0.39 is 43.6 Å². The van der Waals surface area contributed by atoms with Gasteiger partial charge in [0.05, 0.1) is 12.2 Å². The van der Waals surface area contributed by atoms with E-state index in [0.29, 0.717) is 0 Å². The van der Waals surface area contributed by atoms with Crippen molar-refractivity contribution in [3.63, 3.8) is 0 Å². The summed E-state index contributed by atoms with van der Waals surface area (Å²) in [6.07, 6.45) is -0.812. The molecule has 1 amide bonds. The number of aliphatic hydroxyl groups excluding tert-OH is 1. The number of amides is 1. The van der Waals surface area contributed by atoms with Gasteiger partial charge < -0.3 is 15.2 Å². The number of carbonyl (C=O) groups excluding carboxylic acids is 2. The summed E-state index contributed by atoms with van der Waals surface area (Å²) in [6, 6.07) is -1.11. The lowest BCUT2D eigenvalue weighted by molar-refractivity contribution is -0.119. The molecule has 2 N–H and O–H groups in total. The summed E-state index contributed by atoms with van der Waals surface area (Å²) < 4.78 is 33.5. The van der Waals surface area contributed by atoms with Crippen molar-refractivity contribution in [1.82, 2.24) is 5.32 Å². The zero-order valence-corrected chi connectivity index (χ0v) is 17.8. The predicted molar refractivity (Wildman–Crippen MR) is 99.0 cm³/mol. The Balaban J connectivity index is 5.07. The number of phosphoric acid groups is 1. The quantitative estimate of drug-likeness (QED) is 0.465. The number of carbonyl (C=O) groups is 2. The van der Waals surface area contributed by atoms with Crippen molar-refractivity contribution < 1.29 is 37.6 Å². The molecule has 0 aliphatic heterocycles. The summed E-state index contributed by atoms with van der Waals surface area (Å²) in [4.78, 5) is 23.6. The molecule has 0 rings (SSSR count). The summed E-state index contributed by atoms with van der Waals surface area (Å²) in [5.41, 5.74) is -1.62. The minimum Gasteiger partial charge on any atom is -0.444 e. The van der Waals surface area contributed by atoms with Gasteiger partial charge in [0.25, 0.3) is 0 Å². The number of rotatable bonds is 8. The molecule has 0 bridgehead atoms. The van der Waals surface area contributed by atoms with Crippen LogP contribution in [0, 0.1) is 11.8 Å². The van der Waals surface area contributed by atoms with E-state index in [4.69, 9.17) is 23.4 Å². The van der Waals surface area contributed by atoms with Gasteiger partial charge in [-0.3, -0.25) is 18.4 Å². The molecule has 0 aromatic rings. The smallest absolute Gasteiger partial charge is 0.444 e. The maximum Gasteiger partial charge on any atom is 0.476 e. The van der Waals surface area contributed by atoms with Gasteiger partial charge in [0, 0.05) is 0 Å². The van der Waals surface area contributed by atoms with Crippen LogP contribution in [0.1, 0.15) is 48.5 Å². The molecule has 0 saturated heterocycles. The van der Waals surface area contributed by atoms with Crippen molar-refractivity contribution in [3.05, 3.63) is 0 Å². The van der Waals surface area contributed by atoms with E-state index >= 15 is 0 Å². The van der Waals surface area contributed by atoms with Gasteiger partial charge in [0.15, 0.2) is 5.78 Å². The van der Waals surface area contributed by atoms with Crippen LogP contribution in [0.4, 0.5) is 4.79 Å². The van der Waals surface area contributed by atoms with Crippen LogP contribution in [0.25, 0.3) is 0 Å². The summed E-state index contributed by atoms with van der Waals surface area (Å²) in [6.45, 7) is 10.1. The van der Waals surface area contributed by atoms with Gasteiger partial charge in [-0.15, -0.1) is 0 Å². The standard InChI is InChI=1S/C17H30NO8P/c1-13(20)14(18-15(21)25-16(2,3)4)12-24-27(22,26-17(5,6)7)23-11-9-8-10-19/h14,19H,10-12H2,1-7H3,(H,18,21)/t14-,27?/m0/s1. The number of Topliss-reactive ketones (excluding diaryl/α,β-unsaturated/α-hetero) is 1. The van der Waals surface area contributed by atoms with E-state index in [0.717, 1.165) is 0 Å². The second-order valence-electron chi connectivity index (χ2n) is 7.54. The molecule has 0 saturated carbocycles. The maximum atomic E-state index is 12.8. The van der Waals surface area contributed by atoms with E-state index in [-0.39, 0.29) is 13.2 Å². The van der Waals surface area contributed by atoms with Crippen LogP contribution >= 0.6 is 7.82 Å². The molecule has 0 aliphatic rings. The SMILES string of the molecule is CC(=O)[C@H](COP(=O)(OCC#CCO)OC(C)(C)C)NC(=O)OC(C)(C)C. The first-order valence-corrected chi connectivity index (χ1v) is 9.80. The summed E-state index contributed by atoms with van der Waals surface area (Å²) in [7, 11) is -4.09. The fraction of sp³-hybridized carbons (Fsp3) is 0.765. The molecule has 2 atom stereocenters. The van der Waals surface area contributed by atoms with Crippen molar-refractivity contribution in [2.45, 2.75) is 65.7 Å². The highest BCUT2D eigenvalue weighted by Gasteiger charge is 2.34. The zero-order chi connectivity index (χ0) is 21.3. The molecule has 0 radical (unpaired) electrons. The molecule has 1 unspecified atom stereocenters. The minimum absolute atomic E-state index is 0.307. The van der Waals surface area contributed by atoms with Crippen LogP contribution in [-0.4, -0.2) is 54.0 Å². The Morgan fingerprint density at radius 3 is 2.11 bits per heavy atom. The van der Waals surface area contributed by atoms with Crippen molar-refractivity contribution in [1.29, 1.82) is 0 Å². The Hall–Kier alpha value is -1.43. The van der Waals surface area contributed by atoms with Crippen molar-refractivity contribution in [2.75, 3.05) is 19.8 Å². The molecule has 0 heterocycles. The number of phosphoric ester groups is 1. The Labute approximate surface area is 160 Å². The molecular formula is C17H30NO8P. The highest BCUT2D eigenvalue weighted by molar-refractivity contribution is 7.48. The molecule has 156 valence electrons. The second-order valence-corrected chi connectivity index (χ2v) is 9.13. The summed E-state index contributed by atoms with van der Waals surface area (Å²) in [5.74, 6) is 4.34. The fourth-order valence-corrected chi connectivity index (χ4v) is 2.93. The molecule has 10 heteroatoms. The average Bonchev–Trinajstić information content (AvgIpc) is 2.44. The van der Waals surface area contributed by atoms with Crippen LogP contribution in [-0.2, 0) is 27.7 Å². The van der Waals surface area contributed by atoms with E-state index in [1.54, 1.807) is 41.5 Å². The second kappa shape index (κ2) is 10.8. The first-order valence-electron chi connectivity index (χ1n) is 8.34. The minimum atomic E-state index is -4.09. The average molecular weight is 407 g/mol. The molecule has 0 aromatic heterocycles. The number of ether oxygens (including phenoxy) is 1. The predicted octanol–water partition coefficient (Wildman–Crippen LogP) is 2.42.